The van der Waals surface area contributed by atoms with Crippen molar-refractivity contribution in [3.63, 3.8) is 0 Å². The SMILES string of the molecule is CCOC(=O)NC1CCCN(c2cc(F)ccc2F)C1. The van der Waals surface area contributed by atoms with E-state index in [2.05, 4.69) is 5.32 Å². The van der Waals surface area contributed by atoms with Crippen LogP contribution in [0, 0.1) is 11.6 Å². The minimum atomic E-state index is -0.473. The fourth-order valence-electron chi connectivity index (χ4n) is 2.38. The Morgan fingerprint density at radius 3 is 3.05 bits per heavy atom. The van der Waals surface area contributed by atoms with Crippen LogP contribution in [0.5, 0.6) is 0 Å². The summed E-state index contributed by atoms with van der Waals surface area (Å²) in [6.07, 6.45) is 1.12. The van der Waals surface area contributed by atoms with Crippen molar-refractivity contribution in [3.8, 4) is 0 Å². The molecule has 4 nitrogen and oxygen atoms in total. The van der Waals surface area contributed by atoms with Crippen molar-refractivity contribution in [2.45, 2.75) is 25.8 Å². The molecule has 0 saturated carbocycles. The maximum Gasteiger partial charge on any atom is 0.407 e. The van der Waals surface area contributed by atoms with Crippen LogP contribution in [-0.2, 0) is 4.74 Å². The third-order valence-corrected chi connectivity index (χ3v) is 3.27. The summed E-state index contributed by atoms with van der Waals surface area (Å²) in [4.78, 5) is 13.1. The Balaban J connectivity index is 2.03. The fourth-order valence-corrected chi connectivity index (χ4v) is 2.38. The first-order valence-electron chi connectivity index (χ1n) is 6.73. The van der Waals surface area contributed by atoms with E-state index in [-0.39, 0.29) is 11.7 Å². The van der Waals surface area contributed by atoms with Crippen LogP contribution < -0.4 is 10.2 Å². The molecule has 0 aliphatic carbocycles. The van der Waals surface area contributed by atoms with Crippen molar-refractivity contribution in [3.05, 3.63) is 29.8 Å². The molecular weight excluding hydrogens is 266 g/mol. The van der Waals surface area contributed by atoms with E-state index < -0.39 is 17.7 Å². The highest BCUT2D eigenvalue weighted by atomic mass is 19.1. The minimum Gasteiger partial charge on any atom is -0.450 e. The van der Waals surface area contributed by atoms with Gasteiger partial charge in [-0.3, -0.25) is 0 Å². The summed E-state index contributed by atoms with van der Waals surface area (Å²) in [5.41, 5.74) is 0.236. The van der Waals surface area contributed by atoms with Crippen LogP contribution in [0.15, 0.2) is 18.2 Å². The van der Waals surface area contributed by atoms with Crippen LogP contribution in [0.2, 0.25) is 0 Å². The van der Waals surface area contributed by atoms with E-state index in [4.69, 9.17) is 4.74 Å². The monoisotopic (exact) mass is 284 g/mol. The fraction of sp³-hybridized carbons (Fsp3) is 0.500. The first-order valence-corrected chi connectivity index (χ1v) is 6.73. The summed E-state index contributed by atoms with van der Waals surface area (Å²) < 4.78 is 31.8. The Morgan fingerprint density at radius 1 is 1.50 bits per heavy atom. The zero-order chi connectivity index (χ0) is 14.5. The molecule has 0 radical (unpaired) electrons. The molecule has 1 aliphatic rings. The number of rotatable bonds is 3. The van der Waals surface area contributed by atoms with Crippen molar-refractivity contribution in [2.75, 3.05) is 24.6 Å². The topological polar surface area (TPSA) is 41.6 Å². The van der Waals surface area contributed by atoms with Gasteiger partial charge in [-0.2, -0.15) is 0 Å². The quantitative estimate of drug-likeness (QED) is 0.928. The predicted octanol–water partition coefficient (Wildman–Crippen LogP) is 2.68. The number of alkyl carbamates (subject to hydrolysis) is 1. The summed E-state index contributed by atoms with van der Waals surface area (Å²) in [6.45, 7) is 3.12. The van der Waals surface area contributed by atoms with Gasteiger partial charge in [0.25, 0.3) is 0 Å². The van der Waals surface area contributed by atoms with Gasteiger partial charge in [-0.15, -0.1) is 0 Å². The van der Waals surface area contributed by atoms with E-state index in [1.165, 1.54) is 6.07 Å². The van der Waals surface area contributed by atoms with Crippen molar-refractivity contribution >= 4 is 11.8 Å². The summed E-state index contributed by atoms with van der Waals surface area (Å²) in [6, 6.07) is 3.28. The van der Waals surface area contributed by atoms with Gasteiger partial charge >= 0.3 is 6.09 Å². The van der Waals surface area contributed by atoms with Gasteiger partial charge in [-0.25, -0.2) is 13.6 Å². The largest absolute Gasteiger partial charge is 0.450 e. The van der Waals surface area contributed by atoms with Gasteiger partial charge < -0.3 is 15.0 Å². The standard InChI is InChI=1S/C14H18F2N2O2/c1-2-20-14(19)17-11-4-3-7-18(9-11)13-8-10(15)5-6-12(13)16/h5-6,8,11H,2-4,7,9H2,1H3,(H,17,19). The highest BCUT2D eigenvalue weighted by Crippen LogP contribution is 2.24. The lowest BCUT2D eigenvalue weighted by atomic mass is 10.0. The lowest BCUT2D eigenvalue weighted by Gasteiger charge is -2.34. The summed E-state index contributed by atoms with van der Waals surface area (Å²) >= 11 is 0. The van der Waals surface area contributed by atoms with Crippen LogP contribution in [0.25, 0.3) is 0 Å². The number of halogens is 2. The van der Waals surface area contributed by atoms with E-state index >= 15 is 0 Å². The smallest absolute Gasteiger partial charge is 0.407 e. The molecule has 0 bridgehead atoms. The highest BCUT2D eigenvalue weighted by molar-refractivity contribution is 5.67. The third kappa shape index (κ3) is 3.59. The Morgan fingerprint density at radius 2 is 2.30 bits per heavy atom. The normalized spacial score (nSPS) is 18.8. The number of carbonyl (C=O) groups is 1. The molecule has 2 rings (SSSR count). The zero-order valence-electron chi connectivity index (χ0n) is 11.4. The van der Waals surface area contributed by atoms with Gasteiger partial charge in [0.1, 0.15) is 11.6 Å². The average molecular weight is 284 g/mol. The number of ether oxygens (including phenoxy) is 1. The van der Waals surface area contributed by atoms with E-state index in [9.17, 15) is 13.6 Å². The van der Waals surface area contributed by atoms with E-state index in [1.807, 2.05) is 0 Å². The molecular formula is C14H18F2N2O2. The van der Waals surface area contributed by atoms with Crippen molar-refractivity contribution < 1.29 is 18.3 Å². The molecule has 1 atom stereocenters. The molecule has 110 valence electrons. The Kier molecular flexibility index (Phi) is 4.76. The molecule has 6 heteroatoms. The number of benzene rings is 1. The first-order chi connectivity index (χ1) is 9.60. The average Bonchev–Trinajstić information content (AvgIpc) is 2.42. The number of hydrogen-bond donors (Lipinski definition) is 1. The van der Waals surface area contributed by atoms with Gasteiger partial charge in [0, 0.05) is 25.2 Å². The molecule has 0 spiro atoms. The van der Waals surface area contributed by atoms with Gasteiger partial charge in [-0.1, -0.05) is 0 Å². The summed E-state index contributed by atoms with van der Waals surface area (Å²) in [7, 11) is 0. The second kappa shape index (κ2) is 6.54. The van der Waals surface area contributed by atoms with Crippen LogP contribution in [0.4, 0.5) is 19.3 Å². The highest BCUT2D eigenvalue weighted by Gasteiger charge is 2.23. The second-order valence-corrected chi connectivity index (χ2v) is 4.75. The predicted molar refractivity (Wildman–Crippen MR) is 71.8 cm³/mol. The van der Waals surface area contributed by atoms with Crippen molar-refractivity contribution in [1.82, 2.24) is 5.32 Å². The number of piperidine rings is 1. The summed E-state index contributed by atoms with van der Waals surface area (Å²) in [5, 5.41) is 2.73. The summed E-state index contributed by atoms with van der Waals surface area (Å²) in [5.74, 6) is -0.926. The Labute approximate surface area is 116 Å². The zero-order valence-corrected chi connectivity index (χ0v) is 11.4. The van der Waals surface area contributed by atoms with E-state index in [1.54, 1.807) is 11.8 Å². The molecule has 1 aromatic carbocycles. The Hall–Kier alpha value is -1.85. The van der Waals surface area contributed by atoms with Crippen LogP contribution in [0.1, 0.15) is 19.8 Å². The molecule has 0 aromatic heterocycles. The molecule has 1 saturated heterocycles. The second-order valence-electron chi connectivity index (χ2n) is 4.75. The third-order valence-electron chi connectivity index (χ3n) is 3.27. The lowest BCUT2D eigenvalue weighted by molar-refractivity contribution is 0.146. The molecule has 1 N–H and O–H groups in total. The first kappa shape index (κ1) is 14.6. The number of nitrogens with one attached hydrogen (secondary N) is 1. The molecule has 1 amide bonds. The van der Waals surface area contributed by atoms with E-state index in [0.717, 1.165) is 25.0 Å². The van der Waals surface area contributed by atoms with Gasteiger partial charge in [0.2, 0.25) is 0 Å². The minimum absolute atomic E-state index is 0.120. The molecule has 1 aromatic rings. The number of hydrogen-bond acceptors (Lipinski definition) is 3. The number of anilines is 1. The van der Waals surface area contributed by atoms with Crippen LogP contribution >= 0.6 is 0 Å². The maximum atomic E-state index is 13.7. The molecule has 1 aliphatic heterocycles. The van der Waals surface area contributed by atoms with Crippen molar-refractivity contribution in [1.29, 1.82) is 0 Å². The Bertz CT molecular complexity index is 482. The number of amides is 1. The number of nitrogens with zero attached hydrogens (tertiary/aromatic N) is 1. The van der Waals surface area contributed by atoms with Crippen LogP contribution in [0.3, 0.4) is 0 Å². The lowest BCUT2D eigenvalue weighted by Crippen LogP contribution is -2.48. The molecule has 20 heavy (non-hydrogen) atoms. The maximum absolute atomic E-state index is 13.7. The molecule has 1 heterocycles. The van der Waals surface area contributed by atoms with Crippen LogP contribution in [-0.4, -0.2) is 31.8 Å². The molecule has 1 fully saturated rings. The van der Waals surface area contributed by atoms with E-state index in [0.29, 0.717) is 19.7 Å². The van der Waals surface area contributed by atoms with Gasteiger partial charge in [-0.05, 0) is 31.9 Å². The van der Waals surface area contributed by atoms with Crippen molar-refractivity contribution in [2.24, 2.45) is 0 Å². The molecule has 1 unspecified atom stereocenters. The number of carbonyl (C=O) groups excluding carboxylic acids is 1. The van der Waals surface area contributed by atoms with Gasteiger partial charge in [0.05, 0.1) is 12.3 Å². The van der Waals surface area contributed by atoms with Gasteiger partial charge in [0.15, 0.2) is 0 Å².